The number of nitrogens with one attached hydrogen (secondary N) is 1. The molecule has 0 aliphatic carbocycles. The van der Waals surface area contributed by atoms with Crippen LogP contribution in [-0.4, -0.2) is 43.7 Å². The highest BCUT2D eigenvalue weighted by Gasteiger charge is 2.20. The minimum atomic E-state index is -0.0918. The Labute approximate surface area is 159 Å². The zero-order valence-corrected chi connectivity index (χ0v) is 16.1. The standard InChI is InChI=1S/C18H19BrN2O3S/c19-14-9-13(10-15-17(14)24-7-6-23-15)18(22)20-3-5-21-4-1-16-12(11-21)2-8-25-16/h2,8-10H,1,3-7,11H2,(H,20,22). The van der Waals surface area contributed by atoms with Crippen molar-refractivity contribution in [1.29, 1.82) is 0 Å². The maximum absolute atomic E-state index is 12.4. The second-order valence-corrected chi connectivity index (χ2v) is 7.99. The van der Waals surface area contributed by atoms with E-state index in [0.717, 1.165) is 30.5 Å². The topological polar surface area (TPSA) is 50.8 Å². The van der Waals surface area contributed by atoms with E-state index >= 15 is 0 Å². The minimum absolute atomic E-state index is 0.0918. The Bertz CT molecular complexity index is 793. The Morgan fingerprint density at radius 2 is 2.20 bits per heavy atom. The number of benzene rings is 1. The molecule has 0 spiro atoms. The number of nitrogens with zero attached hydrogens (tertiary/aromatic N) is 1. The van der Waals surface area contributed by atoms with E-state index in [1.165, 1.54) is 10.4 Å². The fourth-order valence-corrected chi connectivity index (χ4v) is 4.62. The predicted molar refractivity (Wildman–Crippen MR) is 101 cm³/mol. The summed E-state index contributed by atoms with van der Waals surface area (Å²) in [4.78, 5) is 16.3. The zero-order valence-electron chi connectivity index (χ0n) is 13.7. The van der Waals surface area contributed by atoms with Crippen LogP contribution in [0.25, 0.3) is 0 Å². The molecule has 0 radical (unpaired) electrons. The van der Waals surface area contributed by atoms with Gasteiger partial charge in [0, 0.05) is 36.6 Å². The quantitative estimate of drug-likeness (QED) is 0.822. The summed E-state index contributed by atoms with van der Waals surface area (Å²) >= 11 is 5.29. The highest BCUT2D eigenvalue weighted by molar-refractivity contribution is 9.10. The second-order valence-electron chi connectivity index (χ2n) is 6.13. The van der Waals surface area contributed by atoms with Crippen LogP contribution in [0, 0.1) is 0 Å². The number of amides is 1. The number of rotatable bonds is 4. The van der Waals surface area contributed by atoms with Crippen LogP contribution < -0.4 is 14.8 Å². The summed E-state index contributed by atoms with van der Waals surface area (Å²) in [6.07, 6.45) is 1.11. The molecule has 1 amide bonds. The van der Waals surface area contributed by atoms with Crippen molar-refractivity contribution in [3.8, 4) is 11.5 Å². The molecule has 0 atom stereocenters. The fourth-order valence-electron chi connectivity index (χ4n) is 3.17. The average Bonchev–Trinajstić information content (AvgIpc) is 3.09. The highest BCUT2D eigenvalue weighted by atomic mass is 79.9. The summed E-state index contributed by atoms with van der Waals surface area (Å²) in [5, 5.41) is 5.17. The van der Waals surface area contributed by atoms with Gasteiger partial charge in [0.05, 0.1) is 4.47 Å². The summed E-state index contributed by atoms with van der Waals surface area (Å²) in [5.41, 5.74) is 2.01. The Hall–Kier alpha value is -1.57. The second kappa shape index (κ2) is 7.35. The van der Waals surface area contributed by atoms with Crippen LogP contribution in [0.15, 0.2) is 28.1 Å². The van der Waals surface area contributed by atoms with E-state index in [1.54, 1.807) is 12.1 Å². The SMILES string of the molecule is O=C(NCCN1CCc2sccc2C1)c1cc(Br)c2c(c1)OCCO2. The van der Waals surface area contributed by atoms with Gasteiger partial charge in [0.2, 0.25) is 0 Å². The van der Waals surface area contributed by atoms with E-state index in [1.807, 2.05) is 11.3 Å². The third-order valence-corrected chi connectivity index (χ3v) is 6.07. The lowest BCUT2D eigenvalue weighted by Crippen LogP contribution is -2.37. The molecule has 1 N–H and O–H groups in total. The number of halogens is 1. The third-order valence-electron chi connectivity index (χ3n) is 4.46. The van der Waals surface area contributed by atoms with Crippen molar-refractivity contribution in [2.45, 2.75) is 13.0 Å². The maximum Gasteiger partial charge on any atom is 0.251 e. The molecular weight excluding hydrogens is 404 g/mol. The molecule has 2 aliphatic rings. The third kappa shape index (κ3) is 3.68. The molecule has 0 saturated heterocycles. The van der Waals surface area contributed by atoms with Gasteiger partial charge in [0.1, 0.15) is 13.2 Å². The molecule has 0 bridgehead atoms. The molecule has 2 aromatic rings. The summed E-state index contributed by atoms with van der Waals surface area (Å²) in [6.45, 7) is 4.54. The first kappa shape index (κ1) is 16.9. The molecule has 0 unspecified atom stereocenters. The summed E-state index contributed by atoms with van der Waals surface area (Å²) in [6, 6.07) is 5.73. The molecule has 1 aromatic carbocycles. The highest BCUT2D eigenvalue weighted by Crippen LogP contribution is 2.38. The van der Waals surface area contributed by atoms with E-state index in [0.29, 0.717) is 36.8 Å². The summed E-state index contributed by atoms with van der Waals surface area (Å²) in [5.74, 6) is 1.19. The van der Waals surface area contributed by atoms with Gasteiger partial charge in [-0.25, -0.2) is 0 Å². The van der Waals surface area contributed by atoms with Crippen LogP contribution in [0.1, 0.15) is 20.8 Å². The molecule has 0 fully saturated rings. The Balaban J connectivity index is 1.33. The zero-order chi connectivity index (χ0) is 17.2. The molecule has 132 valence electrons. The lowest BCUT2D eigenvalue weighted by Gasteiger charge is -2.26. The number of hydrogen-bond donors (Lipinski definition) is 1. The molecule has 2 aliphatic heterocycles. The Morgan fingerprint density at radius 3 is 3.12 bits per heavy atom. The first-order chi connectivity index (χ1) is 12.2. The van der Waals surface area contributed by atoms with Gasteiger partial charge in [-0.05, 0) is 51.5 Å². The number of fused-ring (bicyclic) bond motifs is 2. The molecular formula is C18H19BrN2O3S. The normalized spacial score (nSPS) is 16.4. The van der Waals surface area contributed by atoms with E-state index in [-0.39, 0.29) is 5.91 Å². The first-order valence-corrected chi connectivity index (χ1v) is 10.0. The summed E-state index contributed by atoms with van der Waals surface area (Å²) < 4.78 is 11.9. The number of thiophene rings is 1. The van der Waals surface area contributed by atoms with E-state index < -0.39 is 0 Å². The van der Waals surface area contributed by atoms with Gasteiger partial charge >= 0.3 is 0 Å². The monoisotopic (exact) mass is 422 g/mol. The lowest BCUT2D eigenvalue weighted by molar-refractivity contribution is 0.0946. The molecule has 0 saturated carbocycles. The van der Waals surface area contributed by atoms with Gasteiger partial charge in [-0.3, -0.25) is 9.69 Å². The van der Waals surface area contributed by atoms with Crippen molar-refractivity contribution in [3.05, 3.63) is 44.1 Å². The Morgan fingerprint density at radius 1 is 1.32 bits per heavy atom. The van der Waals surface area contributed by atoms with Gasteiger partial charge < -0.3 is 14.8 Å². The van der Waals surface area contributed by atoms with Crippen molar-refractivity contribution in [2.75, 3.05) is 32.8 Å². The van der Waals surface area contributed by atoms with Gasteiger partial charge in [-0.2, -0.15) is 0 Å². The van der Waals surface area contributed by atoms with Gasteiger partial charge in [0.25, 0.3) is 5.91 Å². The fraction of sp³-hybridized carbons (Fsp3) is 0.389. The van der Waals surface area contributed by atoms with E-state index in [2.05, 4.69) is 37.6 Å². The maximum atomic E-state index is 12.4. The van der Waals surface area contributed by atoms with Gasteiger partial charge in [-0.1, -0.05) is 0 Å². The number of hydrogen-bond acceptors (Lipinski definition) is 5. The van der Waals surface area contributed by atoms with E-state index in [9.17, 15) is 4.79 Å². The summed E-state index contributed by atoms with van der Waals surface area (Å²) in [7, 11) is 0. The first-order valence-electron chi connectivity index (χ1n) is 8.35. The smallest absolute Gasteiger partial charge is 0.251 e. The van der Waals surface area contributed by atoms with Crippen molar-refractivity contribution >= 4 is 33.2 Å². The van der Waals surface area contributed by atoms with Crippen LogP contribution in [0.2, 0.25) is 0 Å². The average molecular weight is 423 g/mol. The minimum Gasteiger partial charge on any atom is -0.486 e. The van der Waals surface area contributed by atoms with Crippen LogP contribution in [0.4, 0.5) is 0 Å². The van der Waals surface area contributed by atoms with Crippen molar-refractivity contribution in [2.24, 2.45) is 0 Å². The van der Waals surface area contributed by atoms with Crippen LogP contribution in [0.5, 0.6) is 11.5 Å². The largest absolute Gasteiger partial charge is 0.486 e. The molecule has 5 nitrogen and oxygen atoms in total. The van der Waals surface area contributed by atoms with Crippen molar-refractivity contribution < 1.29 is 14.3 Å². The van der Waals surface area contributed by atoms with Gasteiger partial charge in [-0.15, -0.1) is 11.3 Å². The molecule has 1 aromatic heterocycles. The molecule has 7 heteroatoms. The van der Waals surface area contributed by atoms with Crippen LogP contribution in [0.3, 0.4) is 0 Å². The molecule has 25 heavy (non-hydrogen) atoms. The van der Waals surface area contributed by atoms with Crippen molar-refractivity contribution in [3.63, 3.8) is 0 Å². The van der Waals surface area contributed by atoms with Crippen LogP contribution >= 0.6 is 27.3 Å². The van der Waals surface area contributed by atoms with Crippen LogP contribution in [-0.2, 0) is 13.0 Å². The Kier molecular flexibility index (Phi) is 4.96. The number of carbonyl (C=O) groups is 1. The molecule has 3 heterocycles. The van der Waals surface area contributed by atoms with Crippen molar-refractivity contribution in [1.82, 2.24) is 10.2 Å². The predicted octanol–water partition coefficient (Wildman–Crippen LogP) is 3.07. The van der Waals surface area contributed by atoms with E-state index in [4.69, 9.17) is 9.47 Å². The number of carbonyl (C=O) groups excluding carboxylic acids is 1. The van der Waals surface area contributed by atoms with Gasteiger partial charge in [0.15, 0.2) is 11.5 Å². The number of ether oxygens (including phenoxy) is 2. The molecule has 4 rings (SSSR count). The lowest BCUT2D eigenvalue weighted by atomic mass is 10.1.